The molecule has 0 saturated heterocycles. The van der Waals surface area contributed by atoms with E-state index in [1.807, 2.05) is 0 Å². The molecule has 2 rings (SSSR count). The normalized spacial score (nSPS) is 10.6. The molecule has 0 fully saturated rings. The Balaban J connectivity index is 2.11. The minimum Gasteiger partial charge on any atom is -0.503 e. The van der Waals surface area contributed by atoms with Gasteiger partial charge in [-0.15, -0.1) is 0 Å². The van der Waals surface area contributed by atoms with Crippen molar-refractivity contribution in [3.8, 4) is 11.5 Å². The predicted molar refractivity (Wildman–Crippen MR) is 87.8 cm³/mol. The number of halogens is 1. The molecular weight excluding hydrogens is 338 g/mol. The van der Waals surface area contributed by atoms with Gasteiger partial charge in [0, 0.05) is 17.7 Å². The first-order valence-electron chi connectivity index (χ1n) is 6.56. The van der Waals surface area contributed by atoms with Gasteiger partial charge in [-0.1, -0.05) is 17.7 Å². The Morgan fingerprint density at radius 2 is 2.17 bits per heavy atom. The van der Waals surface area contributed by atoms with Gasteiger partial charge in [0.15, 0.2) is 11.5 Å². The number of nitro benzene ring substituents is 1. The summed E-state index contributed by atoms with van der Waals surface area (Å²) in [6, 6.07) is 8.17. The molecule has 9 heteroatoms. The topological polar surface area (TPSA) is 114 Å². The van der Waals surface area contributed by atoms with Crippen LogP contribution in [0.4, 0.5) is 5.69 Å². The lowest BCUT2D eigenvalue weighted by Crippen LogP contribution is -2.17. The highest BCUT2D eigenvalue weighted by Gasteiger charge is 2.11. The Morgan fingerprint density at radius 3 is 2.83 bits per heavy atom. The molecule has 124 valence electrons. The molecule has 2 aromatic carbocycles. The summed E-state index contributed by atoms with van der Waals surface area (Å²) in [6.07, 6.45) is 1.29. The number of rotatable bonds is 5. The maximum absolute atomic E-state index is 11.9. The molecule has 0 heterocycles. The lowest BCUT2D eigenvalue weighted by atomic mass is 10.2. The number of non-ortho nitro benzene ring substituents is 1. The fourth-order valence-electron chi connectivity index (χ4n) is 1.81. The van der Waals surface area contributed by atoms with Crippen LogP contribution in [0, 0.1) is 10.1 Å². The highest BCUT2D eigenvalue weighted by Crippen LogP contribution is 2.34. The van der Waals surface area contributed by atoms with Crippen LogP contribution < -0.4 is 10.2 Å². The van der Waals surface area contributed by atoms with E-state index in [4.69, 9.17) is 16.3 Å². The van der Waals surface area contributed by atoms with Gasteiger partial charge in [-0.2, -0.15) is 5.10 Å². The number of ether oxygens (including phenoxy) is 1. The number of benzene rings is 2. The van der Waals surface area contributed by atoms with Gasteiger partial charge in [-0.3, -0.25) is 14.9 Å². The molecule has 0 bridgehead atoms. The van der Waals surface area contributed by atoms with Gasteiger partial charge in [0.25, 0.3) is 11.6 Å². The van der Waals surface area contributed by atoms with E-state index >= 15 is 0 Å². The number of methoxy groups -OCH3 is 1. The number of nitrogens with one attached hydrogen (secondary N) is 1. The molecule has 0 saturated carbocycles. The Hall–Kier alpha value is -3.13. The minimum absolute atomic E-state index is 0.0702. The van der Waals surface area contributed by atoms with Crippen LogP contribution >= 0.6 is 11.6 Å². The number of hydrazone groups is 1. The molecule has 2 aromatic rings. The van der Waals surface area contributed by atoms with Crippen molar-refractivity contribution >= 4 is 29.4 Å². The maximum atomic E-state index is 11.9. The SMILES string of the molecule is COc1cc(/C=N\NC(=O)c2cccc([N+](=O)[O-])c2)cc(Cl)c1O. The summed E-state index contributed by atoms with van der Waals surface area (Å²) in [5.74, 6) is -0.641. The third-order valence-electron chi connectivity index (χ3n) is 2.97. The molecule has 24 heavy (non-hydrogen) atoms. The molecule has 0 radical (unpaired) electrons. The monoisotopic (exact) mass is 349 g/mol. The first-order chi connectivity index (χ1) is 11.4. The molecule has 0 unspecified atom stereocenters. The van der Waals surface area contributed by atoms with E-state index in [9.17, 15) is 20.0 Å². The van der Waals surface area contributed by atoms with Gasteiger partial charge < -0.3 is 9.84 Å². The van der Waals surface area contributed by atoms with Crippen LogP contribution in [0.15, 0.2) is 41.5 Å². The second kappa shape index (κ2) is 7.42. The predicted octanol–water partition coefficient (Wildman–Crippen LogP) is 2.73. The molecule has 0 aliphatic heterocycles. The van der Waals surface area contributed by atoms with Gasteiger partial charge in [0.05, 0.1) is 23.3 Å². The number of nitrogens with zero attached hydrogens (tertiary/aromatic N) is 2. The van der Waals surface area contributed by atoms with Crippen molar-refractivity contribution in [1.29, 1.82) is 0 Å². The van der Waals surface area contributed by atoms with E-state index in [1.165, 1.54) is 43.7 Å². The van der Waals surface area contributed by atoms with Crippen LogP contribution in [-0.2, 0) is 0 Å². The number of amides is 1. The largest absolute Gasteiger partial charge is 0.503 e. The molecule has 0 aliphatic rings. The number of carbonyl (C=O) groups is 1. The average molecular weight is 350 g/mol. The lowest BCUT2D eigenvalue weighted by Gasteiger charge is -2.06. The fraction of sp³-hybridized carbons (Fsp3) is 0.0667. The van der Waals surface area contributed by atoms with E-state index in [0.717, 1.165) is 6.07 Å². The summed E-state index contributed by atoms with van der Waals surface area (Å²) >= 11 is 5.84. The maximum Gasteiger partial charge on any atom is 0.271 e. The minimum atomic E-state index is -0.605. The molecule has 2 N–H and O–H groups in total. The van der Waals surface area contributed by atoms with Crippen LogP contribution in [0.2, 0.25) is 5.02 Å². The number of hydrogen-bond donors (Lipinski definition) is 2. The van der Waals surface area contributed by atoms with Crippen molar-refractivity contribution in [2.45, 2.75) is 0 Å². The van der Waals surface area contributed by atoms with Crippen molar-refractivity contribution < 1.29 is 19.6 Å². The summed E-state index contributed by atoms with van der Waals surface area (Å²) < 4.78 is 4.95. The van der Waals surface area contributed by atoms with Gasteiger partial charge in [-0.25, -0.2) is 5.43 Å². The molecule has 8 nitrogen and oxygen atoms in total. The highest BCUT2D eigenvalue weighted by molar-refractivity contribution is 6.32. The fourth-order valence-corrected chi connectivity index (χ4v) is 2.03. The number of nitro groups is 1. The van der Waals surface area contributed by atoms with Crippen LogP contribution in [0.3, 0.4) is 0 Å². The van der Waals surface area contributed by atoms with E-state index in [-0.39, 0.29) is 27.8 Å². The van der Waals surface area contributed by atoms with Crippen LogP contribution in [-0.4, -0.2) is 29.3 Å². The second-order valence-corrected chi connectivity index (χ2v) is 4.97. The summed E-state index contributed by atoms with van der Waals surface area (Å²) in [5, 5.41) is 24.1. The second-order valence-electron chi connectivity index (χ2n) is 4.56. The Bertz CT molecular complexity index is 823. The van der Waals surface area contributed by atoms with Crippen molar-refractivity contribution in [2.75, 3.05) is 7.11 Å². The zero-order chi connectivity index (χ0) is 17.7. The van der Waals surface area contributed by atoms with E-state index in [0.29, 0.717) is 5.56 Å². The zero-order valence-corrected chi connectivity index (χ0v) is 13.1. The summed E-state index contributed by atoms with van der Waals surface area (Å²) in [6.45, 7) is 0. The molecule has 0 atom stereocenters. The summed E-state index contributed by atoms with van der Waals surface area (Å²) in [5.41, 5.74) is 2.63. The first kappa shape index (κ1) is 17.2. The standard InChI is InChI=1S/C15H12ClN3O5/c1-24-13-6-9(5-12(16)14(13)20)8-17-18-15(21)10-3-2-4-11(7-10)19(22)23/h2-8,20H,1H3,(H,18,21)/b17-8-. The number of phenolic OH excluding ortho intramolecular Hbond substituents is 1. The number of hydrogen-bond acceptors (Lipinski definition) is 6. The Kier molecular flexibility index (Phi) is 5.33. The summed E-state index contributed by atoms with van der Waals surface area (Å²) in [7, 11) is 1.37. The highest BCUT2D eigenvalue weighted by atomic mass is 35.5. The van der Waals surface area contributed by atoms with Crippen molar-refractivity contribution in [1.82, 2.24) is 5.43 Å². The molecular formula is C15H12ClN3O5. The van der Waals surface area contributed by atoms with Crippen molar-refractivity contribution in [3.63, 3.8) is 0 Å². The molecule has 0 aromatic heterocycles. The lowest BCUT2D eigenvalue weighted by molar-refractivity contribution is -0.384. The van der Waals surface area contributed by atoms with Crippen molar-refractivity contribution in [2.24, 2.45) is 5.10 Å². The zero-order valence-electron chi connectivity index (χ0n) is 12.4. The van der Waals surface area contributed by atoms with Crippen LogP contribution in [0.5, 0.6) is 11.5 Å². The van der Waals surface area contributed by atoms with Gasteiger partial charge in [-0.05, 0) is 23.8 Å². The number of aromatic hydroxyl groups is 1. The van der Waals surface area contributed by atoms with Crippen LogP contribution in [0.25, 0.3) is 0 Å². The Labute approximate surface area is 141 Å². The third-order valence-corrected chi connectivity index (χ3v) is 3.26. The molecule has 1 amide bonds. The smallest absolute Gasteiger partial charge is 0.271 e. The first-order valence-corrected chi connectivity index (χ1v) is 6.94. The average Bonchev–Trinajstić information content (AvgIpc) is 2.57. The van der Waals surface area contributed by atoms with E-state index in [1.54, 1.807) is 0 Å². The van der Waals surface area contributed by atoms with Gasteiger partial charge in [0.2, 0.25) is 0 Å². The van der Waals surface area contributed by atoms with Crippen molar-refractivity contribution in [3.05, 3.63) is 62.7 Å². The van der Waals surface area contributed by atoms with E-state index in [2.05, 4.69) is 10.5 Å². The quantitative estimate of drug-likeness (QED) is 0.489. The summed E-state index contributed by atoms with van der Waals surface area (Å²) in [4.78, 5) is 22.0. The Morgan fingerprint density at radius 1 is 1.42 bits per heavy atom. The third kappa shape index (κ3) is 3.99. The number of carbonyl (C=O) groups excluding carboxylic acids is 1. The molecule has 0 aliphatic carbocycles. The van der Waals surface area contributed by atoms with E-state index < -0.39 is 10.8 Å². The van der Waals surface area contributed by atoms with Gasteiger partial charge in [0.1, 0.15) is 0 Å². The molecule has 0 spiro atoms. The van der Waals surface area contributed by atoms with Gasteiger partial charge >= 0.3 is 0 Å². The van der Waals surface area contributed by atoms with Crippen LogP contribution in [0.1, 0.15) is 15.9 Å². The number of phenols is 1.